The SMILES string of the molecule is c1ccc(-c2cc(-c3ccc(-c4cncnc4)cc3)nc(-c3ccc4ccc5cccc6ccc3c4c56)n2)cc1. The van der Waals surface area contributed by atoms with Crippen LogP contribution in [-0.4, -0.2) is 19.9 Å². The smallest absolute Gasteiger partial charge is 0.161 e. The number of rotatable bonds is 4. The molecule has 2 aromatic heterocycles. The van der Waals surface area contributed by atoms with Crippen molar-refractivity contribution in [1.82, 2.24) is 19.9 Å². The molecule has 0 spiro atoms. The van der Waals surface area contributed by atoms with Gasteiger partial charge in [-0.3, -0.25) is 0 Å². The Morgan fingerprint density at radius 1 is 0.425 bits per heavy atom. The van der Waals surface area contributed by atoms with E-state index in [1.54, 1.807) is 6.33 Å². The Balaban J connectivity index is 1.34. The maximum Gasteiger partial charge on any atom is 0.161 e. The molecule has 8 rings (SSSR count). The summed E-state index contributed by atoms with van der Waals surface area (Å²) >= 11 is 0. The molecule has 0 N–H and O–H groups in total. The summed E-state index contributed by atoms with van der Waals surface area (Å²) in [6.07, 6.45) is 5.20. The lowest BCUT2D eigenvalue weighted by Crippen LogP contribution is -1.97. The molecule has 0 atom stereocenters. The summed E-state index contributed by atoms with van der Waals surface area (Å²) in [5.74, 6) is 0.717. The first-order chi connectivity index (χ1) is 19.8. The van der Waals surface area contributed by atoms with Gasteiger partial charge in [-0.15, -0.1) is 0 Å². The number of aromatic nitrogens is 4. The van der Waals surface area contributed by atoms with Gasteiger partial charge in [0.25, 0.3) is 0 Å². The van der Waals surface area contributed by atoms with Crippen molar-refractivity contribution < 1.29 is 0 Å². The Morgan fingerprint density at radius 3 is 1.75 bits per heavy atom. The average molecular weight is 511 g/mol. The molecular formula is C36H22N4. The van der Waals surface area contributed by atoms with Gasteiger partial charge < -0.3 is 0 Å². The van der Waals surface area contributed by atoms with Crippen molar-refractivity contribution in [1.29, 1.82) is 0 Å². The molecule has 0 radical (unpaired) electrons. The zero-order chi connectivity index (χ0) is 26.5. The maximum absolute atomic E-state index is 5.15. The van der Waals surface area contributed by atoms with Crippen LogP contribution in [0.25, 0.3) is 77.3 Å². The Hall–Kier alpha value is -5.48. The molecule has 40 heavy (non-hydrogen) atoms. The van der Waals surface area contributed by atoms with Gasteiger partial charge in [-0.05, 0) is 50.0 Å². The van der Waals surface area contributed by atoms with Gasteiger partial charge in [0.15, 0.2) is 5.82 Å². The lowest BCUT2D eigenvalue weighted by atomic mass is 9.91. The summed E-state index contributed by atoms with van der Waals surface area (Å²) in [6, 6.07) is 40.5. The summed E-state index contributed by atoms with van der Waals surface area (Å²) in [5, 5.41) is 7.44. The Labute approximate surface area is 231 Å². The molecule has 0 aliphatic carbocycles. The third-order valence-corrected chi connectivity index (χ3v) is 7.64. The van der Waals surface area contributed by atoms with E-state index in [0.717, 1.165) is 50.4 Å². The van der Waals surface area contributed by atoms with Gasteiger partial charge >= 0.3 is 0 Å². The molecule has 8 aromatic rings. The van der Waals surface area contributed by atoms with Crippen molar-refractivity contribution in [2.45, 2.75) is 0 Å². The fourth-order valence-corrected chi connectivity index (χ4v) is 5.68. The second kappa shape index (κ2) is 9.07. The first-order valence-corrected chi connectivity index (χ1v) is 13.3. The number of hydrogen-bond donors (Lipinski definition) is 0. The van der Waals surface area contributed by atoms with Crippen molar-refractivity contribution >= 4 is 32.3 Å². The molecule has 0 saturated heterocycles. The topological polar surface area (TPSA) is 51.6 Å². The summed E-state index contributed by atoms with van der Waals surface area (Å²) in [4.78, 5) is 18.6. The second-order valence-corrected chi connectivity index (χ2v) is 10.0. The molecule has 4 nitrogen and oxygen atoms in total. The van der Waals surface area contributed by atoms with Crippen LogP contribution >= 0.6 is 0 Å². The Morgan fingerprint density at radius 2 is 1.02 bits per heavy atom. The van der Waals surface area contributed by atoms with Gasteiger partial charge in [0.05, 0.1) is 11.4 Å². The largest absolute Gasteiger partial charge is 0.244 e. The summed E-state index contributed by atoms with van der Waals surface area (Å²) in [6.45, 7) is 0. The summed E-state index contributed by atoms with van der Waals surface area (Å²) < 4.78 is 0. The number of benzene rings is 6. The van der Waals surface area contributed by atoms with E-state index in [9.17, 15) is 0 Å². The van der Waals surface area contributed by atoms with Gasteiger partial charge in [0.1, 0.15) is 6.33 Å². The van der Waals surface area contributed by atoms with Crippen LogP contribution in [0.2, 0.25) is 0 Å². The second-order valence-electron chi connectivity index (χ2n) is 10.0. The summed E-state index contributed by atoms with van der Waals surface area (Å²) in [7, 11) is 0. The predicted octanol–water partition coefficient (Wildman–Crippen LogP) is 8.83. The molecule has 6 aromatic carbocycles. The van der Waals surface area contributed by atoms with Crippen molar-refractivity contribution in [2.75, 3.05) is 0 Å². The van der Waals surface area contributed by atoms with Crippen LogP contribution in [0.3, 0.4) is 0 Å². The van der Waals surface area contributed by atoms with E-state index in [0.29, 0.717) is 0 Å². The van der Waals surface area contributed by atoms with Crippen LogP contribution in [0.5, 0.6) is 0 Å². The van der Waals surface area contributed by atoms with E-state index in [2.05, 4.69) is 107 Å². The van der Waals surface area contributed by atoms with E-state index in [-0.39, 0.29) is 0 Å². The van der Waals surface area contributed by atoms with E-state index >= 15 is 0 Å². The lowest BCUT2D eigenvalue weighted by molar-refractivity contribution is 1.17. The standard InChI is InChI=1S/C36H22N4/c1-2-5-24(6-3-1)32-19-33(25-11-9-23(10-12-25)29-20-37-22-38-21-29)40-36(39-32)31-18-16-28-14-13-26-7-4-8-27-15-17-30(31)35(28)34(26)27/h1-22H. The molecule has 0 aliphatic rings. The first kappa shape index (κ1) is 22.5. The van der Waals surface area contributed by atoms with E-state index in [1.807, 2.05) is 30.6 Å². The minimum atomic E-state index is 0.717. The highest BCUT2D eigenvalue weighted by Gasteiger charge is 2.16. The summed E-state index contributed by atoms with van der Waals surface area (Å²) in [5.41, 5.74) is 6.94. The molecule has 0 unspecified atom stereocenters. The normalized spacial score (nSPS) is 11.5. The predicted molar refractivity (Wildman–Crippen MR) is 163 cm³/mol. The molecule has 2 heterocycles. The zero-order valence-corrected chi connectivity index (χ0v) is 21.5. The zero-order valence-electron chi connectivity index (χ0n) is 21.5. The van der Waals surface area contributed by atoms with Gasteiger partial charge in [0.2, 0.25) is 0 Å². The highest BCUT2D eigenvalue weighted by molar-refractivity contribution is 6.25. The van der Waals surface area contributed by atoms with E-state index in [4.69, 9.17) is 9.97 Å². The number of hydrogen-bond acceptors (Lipinski definition) is 4. The molecule has 0 amide bonds. The third-order valence-electron chi connectivity index (χ3n) is 7.64. The van der Waals surface area contributed by atoms with Crippen LogP contribution in [0.1, 0.15) is 0 Å². The van der Waals surface area contributed by atoms with Gasteiger partial charge in [-0.25, -0.2) is 19.9 Å². The Bertz CT molecular complexity index is 2120. The quantitative estimate of drug-likeness (QED) is 0.222. The molecule has 0 bridgehead atoms. The van der Waals surface area contributed by atoms with Crippen LogP contribution in [-0.2, 0) is 0 Å². The molecular weight excluding hydrogens is 488 g/mol. The first-order valence-electron chi connectivity index (χ1n) is 13.3. The van der Waals surface area contributed by atoms with Crippen molar-refractivity contribution in [3.63, 3.8) is 0 Å². The van der Waals surface area contributed by atoms with Crippen LogP contribution in [0, 0.1) is 0 Å². The lowest BCUT2D eigenvalue weighted by Gasteiger charge is -2.15. The minimum absolute atomic E-state index is 0.717. The molecule has 0 saturated carbocycles. The van der Waals surface area contributed by atoms with Crippen molar-refractivity contribution in [2.24, 2.45) is 0 Å². The average Bonchev–Trinajstić information content (AvgIpc) is 3.04. The number of nitrogens with zero attached hydrogens (tertiary/aromatic N) is 4. The van der Waals surface area contributed by atoms with Crippen LogP contribution in [0.15, 0.2) is 134 Å². The Kier molecular flexibility index (Phi) is 5.10. The van der Waals surface area contributed by atoms with Crippen LogP contribution in [0.4, 0.5) is 0 Å². The van der Waals surface area contributed by atoms with Crippen molar-refractivity contribution in [3.8, 4) is 45.0 Å². The molecule has 186 valence electrons. The van der Waals surface area contributed by atoms with Gasteiger partial charge in [0, 0.05) is 34.6 Å². The van der Waals surface area contributed by atoms with E-state index in [1.165, 1.54) is 26.9 Å². The maximum atomic E-state index is 5.15. The fourth-order valence-electron chi connectivity index (χ4n) is 5.68. The highest BCUT2D eigenvalue weighted by Crippen LogP contribution is 2.39. The molecule has 4 heteroatoms. The van der Waals surface area contributed by atoms with E-state index < -0.39 is 0 Å². The molecule has 0 fully saturated rings. The van der Waals surface area contributed by atoms with Crippen molar-refractivity contribution in [3.05, 3.63) is 134 Å². The fraction of sp³-hybridized carbons (Fsp3) is 0. The monoisotopic (exact) mass is 510 g/mol. The van der Waals surface area contributed by atoms with Gasteiger partial charge in [-0.1, -0.05) is 103 Å². The minimum Gasteiger partial charge on any atom is -0.244 e. The van der Waals surface area contributed by atoms with Gasteiger partial charge in [-0.2, -0.15) is 0 Å². The van der Waals surface area contributed by atoms with Crippen LogP contribution < -0.4 is 0 Å². The molecule has 0 aliphatic heterocycles. The highest BCUT2D eigenvalue weighted by atomic mass is 14.9. The third kappa shape index (κ3) is 3.69.